The highest BCUT2D eigenvalue weighted by molar-refractivity contribution is 9.10. The molecule has 0 aliphatic carbocycles. The van der Waals surface area contributed by atoms with Gasteiger partial charge in [0.2, 0.25) is 0 Å². The van der Waals surface area contributed by atoms with Gasteiger partial charge in [-0.2, -0.15) is 0 Å². The molecule has 0 saturated carbocycles. The van der Waals surface area contributed by atoms with Gasteiger partial charge in [-0.25, -0.2) is 8.78 Å². The minimum Gasteiger partial charge on any atom is -0.395 e. The van der Waals surface area contributed by atoms with Crippen molar-refractivity contribution in [1.29, 1.82) is 0 Å². The van der Waals surface area contributed by atoms with E-state index >= 15 is 0 Å². The zero-order valence-electron chi connectivity index (χ0n) is 8.81. The van der Waals surface area contributed by atoms with Crippen molar-refractivity contribution < 1.29 is 18.7 Å². The lowest BCUT2D eigenvalue weighted by Crippen LogP contribution is -2.37. The molecule has 0 saturated heterocycles. The predicted molar refractivity (Wildman–Crippen MR) is 60.9 cm³/mol. The fraction of sp³-hybridized carbons (Fsp3) is 0.400. The van der Waals surface area contributed by atoms with E-state index in [9.17, 15) is 13.6 Å². The van der Waals surface area contributed by atoms with E-state index in [4.69, 9.17) is 5.11 Å². The van der Waals surface area contributed by atoms with Gasteiger partial charge in [-0.05, 0) is 22.0 Å². The number of carbonyl (C=O) groups is 1. The Bertz CT molecular complexity index is 390. The summed E-state index contributed by atoms with van der Waals surface area (Å²) in [6.07, 6.45) is 0.147. The lowest BCUT2D eigenvalue weighted by atomic mass is 10.2. The van der Waals surface area contributed by atoms with Crippen LogP contribution in [0.1, 0.15) is 10.4 Å². The average molecular weight is 309 g/mol. The van der Waals surface area contributed by atoms with Gasteiger partial charge in [0.25, 0.3) is 12.3 Å². The lowest BCUT2D eigenvalue weighted by Gasteiger charge is -2.21. The molecular formula is C10H11BrF2N2O2. The van der Waals surface area contributed by atoms with Gasteiger partial charge >= 0.3 is 0 Å². The highest BCUT2D eigenvalue weighted by Crippen LogP contribution is 2.12. The Balaban J connectivity index is 2.83. The lowest BCUT2D eigenvalue weighted by molar-refractivity contribution is 0.0509. The molecule has 1 amide bonds. The number of hydrogen-bond acceptors (Lipinski definition) is 3. The molecule has 1 aromatic heterocycles. The first-order chi connectivity index (χ1) is 8.04. The van der Waals surface area contributed by atoms with Gasteiger partial charge in [-0.3, -0.25) is 9.78 Å². The molecule has 7 heteroatoms. The van der Waals surface area contributed by atoms with Crippen molar-refractivity contribution in [2.24, 2.45) is 0 Å². The first-order valence-corrected chi connectivity index (χ1v) is 5.62. The van der Waals surface area contributed by atoms with Gasteiger partial charge in [0.05, 0.1) is 18.7 Å². The van der Waals surface area contributed by atoms with Crippen LogP contribution in [0.2, 0.25) is 0 Å². The van der Waals surface area contributed by atoms with E-state index in [0.717, 1.165) is 4.90 Å². The number of amides is 1. The highest BCUT2D eigenvalue weighted by atomic mass is 79.9. The van der Waals surface area contributed by atoms with Gasteiger partial charge in [0.1, 0.15) is 0 Å². The number of aliphatic hydroxyl groups is 1. The Labute approximate surface area is 105 Å². The Morgan fingerprint density at radius 2 is 2.24 bits per heavy atom. The number of hydrogen-bond donors (Lipinski definition) is 1. The van der Waals surface area contributed by atoms with Crippen molar-refractivity contribution in [2.45, 2.75) is 6.43 Å². The maximum Gasteiger partial charge on any atom is 0.255 e. The molecule has 1 aromatic rings. The number of aromatic nitrogens is 1. The molecule has 1 N–H and O–H groups in total. The van der Waals surface area contributed by atoms with E-state index in [2.05, 4.69) is 20.9 Å². The van der Waals surface area contributed by atoms with E-state index in [1.54, 1.807) is 0 Å². The molecule has 0 unspecified atom stereocenters. The second kappa shape index (κ2) is 6.61. The normalized spacial score (nSPS) is 10.6. The number of carbonyl (C=O) groups excluding carboxylic acids is 1. The SMILES string of the molecule is O=C(c1cncc(Br)c1)N(CCO)CC(F)F. The van der Waals surface area contributed by atoms with Crippen molar-refractivity contribution in [1.82, 2.24) is 9.88 Å². The van der Waals surface area contributed by atoms with E-state index in [1.807, 2.05) is 0 Å². The van der Waals surface area contributed by atoms with Crippen molar-refractivity contribution in [3.05, 3.63) is 28.5 Å². The zero-order valence-corrected chi connectivity index (χ0v) is 10.4. The molecule has 0 fully saturated rings. The van der Waals surface area contributed by atoms with Crippen LogP contribution in [0.25, 0.3) is 0 Å². The number of halogens is 3. The third-order valence-electron chi connectivity index (χ3n) is 1.97. The number of alkyl halides is 2. The Kier molecular flexibility index (Phi) is 5.43. The second-order valence-electron chi connectivity index (χ2n) is 3.26. The van der Waals surface area contributed by atoms with Crippen LogP contribution >= 0.6 is 15.9 Å². The summed E-state index contributed by atoms with van der Waals surface area (Å²) >= 11 is 3.14. The summed E-state index contributed by atoms with van der Waals surface area (Å²) in [5.41, 5.74) is 0.202. The van der Waals surface area contributed by atoms with Crippen LogP contribution in [-0.4, -0.2) is 47.0 Å². The van der Waals surface area contributed by atoms with Crippen LogP contribution in [0, 0.1) is 0 Å². The molecule has 1 heterocycles. The first-order valence-electron chi connectivity index (χ1n) is 4.83. The average Bonchev–Trinajstić information content (AvgIpc) is 2.27. The molecule has 4 nitrogen and oxygen atoms in total. The maximum absolute atomic E-state index is 12.3. The number of rotatable bonds is 5. The van der Waals surface area contributed by atoms with Crippen molar-refractivity contribution >= 4 is 21.8 Å². The zero-order chi connectivity index (χ0) is 12.8. The van der Waals surface area contributed by atoms with Crippen LogP contribution in [0.4, 0.5) is 8.78 Å². The van der Waals surface area contributed by atoms with Crippen LogP contribution in [0.3, 0.4) is 0 Å². The Hall–Kier alpha value is -1.08. The molecule has 0 radical (unpaired) electrons. The van der Waals surface area contributed by atoms with Gasteiger partial charge in [0.15, 0.2) is 0 Å². The third-order valence-corrected chi connectivity index (χ3v) is 2.40. The summed E-state index contributed by atoms with van der Waals surface area (Å²) in [5.74, 6) is -0.576. The van der Waals surface area contributed by atoms with E-state index in [-0.39, 0.29) is 18.7 Å². The van der Waals surface area contributed by atoms with Crippen LogP contribution in [0.15, 0.2) is 22.9 Å². The summed E-state index contributed by atoms with van der Waals surface area (Å²) in [6, 6.07) is 1.49. The van der Waals surface area contributed by atoms with Gasteiger partial charge in [-0.1, -0.05) is 0 Å². The summed E-state index contributed by atoms with van der Waals surface area (Å²) in [4.78, 5) is 16.5. The van der Waals surface area contributed by atoms with Crippen LogP contribution in [0.5, 0.6) is 0 Å². The minimum atomic E-state index is -2.63. The number of nitrogens with zero attached hydrogens (tertiary/aromatic N) is 2. The minimum absolute atomic E-state index is 0.129. The summed E-state index contributed by atoms with van der Waals surface area (Å²) < 4.78 is 25.1. The molecule has 1 rings (SSSR count). The fourth-order valence-electron chi connectivity index (χ4n) is 1.27. The quantitative estimate of drug-likeness (QED) is 0.898. The summed E-state index contributed by atoms with van der Waals surface area (Å²) in [7, 11) is 0. The van der Waals surface area contributed by atoms with E-state index < -0.39 is 18.9 Å². The van der Waals surface area contributed by atoms with Gasteiger partial charge < -0.3 is 10.0 Å². The van der Waals surface area contributed by atoms with Crippen molar-refractivity contribution in [3.63, 3.8) is 0 Å². The fourth-order valence-corrected chi connectivity index (χ4v) is 1.64. The molecule has 0 aliphatic rings. The molecule has 0 atom stereocenters. The molecule has 0 aromatic carbocycles. The molecule has 0 spiro atoms. The Morgan fingerprint density at radius 1 is 1.53 bits per heavy atom. The number of aliphatic hydroxyl groups excluding tert-OH is 1. The highest BCUT2D eigenvalue weighted by Gasteiger charge is 2.19. The van der Waals surface area contributed by atoms with Gasteiger partial charge in [-0.15, -0.1) is 0 Å². The summed E-state index contributed by atoms with van der Waals surface area (Å²) in [6.45, 7) is -1.19. The van der Waals surface area contributed by atoms with Crippen molar-refractivity contribution in [2.75, 3.05) is 19.7 Å². The molecular weight excluding hydrogens is 298 g/mol. The standard InChI is InChI=1S/C10H11BrF2N2O2/c11-8-3-7(4-14-5-8)10(17)15(1-2-16)6-9(12)13/h3-5,9,16H,1-2,6H2. The topological polar surface area (TPSA) is 53.4 Å². The third kappa shape index (κ3) is 4.35. The predicted octanol–water partition coefficient (Wildman–Crippen LogP) is 1.54. The number of pyridine rings is 1. The van der Waals surface area contributed by atoms with E-state index in [1.165, 1.54) is 18.5 Å². The smallest absolute Gasteiger partial charge is 0.255 e. The van der Waals surface area contributed by atoms with Gasteiger partial charge in [0, 0.05) is 23.4 Å². The molecule has 0 aliphatic heterocycles. The molecule has 17 heavy (non-hydrogen) atoms. The van der Waals surface area contributed by atoms with Crippen LogP contribution in [-0.2, 0) is 0 Å². The van der Waals surface area contributed by atoms with Crippen molar-refractivity contribution in [3.8, 4) is 0 Å². The monoisotopic (exact) mass is 308 g/mol. The second-order valence-corrected chi connectivity index (χ2v) is 4.17. The molecule has 0 bridgehead atoms. The van der Waals surface area contributed by atoms with E-state index in [0.29, 0.717) is 4.47 Å². The summed E-state index contributed by atoms with van der Waals surface area (Å²) in [5, 5.41) is 8.74. The largest absolute Gasteiger partial charge is 0.395 e. The Morgan fingerprint density at radius 3 is 2.76 bits per heavy atom. The molecule has 94 valence electrons. The maximum atomic E-state index is 12.3. The van der Waals surface area contributed by atoms with Crippen LogP contribution < -0.4 is 0 Å². The first kappa shape index (κ1) is 14.0.